The van der Waals surface area contributed by atoms with Crippen molar-refractivity contribution in [3.63, 3.8) is 0 Å². The van der Waals surface area contributed by atoms with E-state index in [1.807, 2.05) is 24.3 Å². The van der Waals surface area contributed by atoms with E-state index in [-0.39, 0.29) is 24.4 Å². The minimum absolute atomic E-state index is 0.211. The number of hydrogen-bond donors (Lipinski definition) is 1. The van der Waals surface area contributed by atoms with Gasteiger partial charge >= 0.3 is 6.03 Å². The van der Waals surface area contributed by atoms with E-state index in [0.717, 1.165) is 48.2 Å². The maximum atomic E-state index is 12.9. The van der Waals surface area contributed by atoms with E-state index in [4.69, 9.17) is 0 Å². The number of rotatable bonds is 6. The number of imide groups is 1. The first-order valence-corrected chi connectivity index (χ1v) is 10.3. The molecule has 0 atom stereocenters. The highest BCUT2D eigenvalue weighted by molar-refractivity contribution is 6.08. The highest BCUT2D eigenvalue weighted by atomic mass is 16.2. The zero-order valence-corrected chi connectivity index (χ0v) is 16.8. The Kier molecular flexibility index (Phi) is 5.25. The Morgan fingerprint density at radius 2 is 1.93 bits per heavy atom. The lowest BCUT2D eigenvalue weighted by Crippen LogP contribution is -2.49. The van der Waals surface area contributed by atoms with Crippen molar-refractivity contribution in [2.24, 2.45) is 0 Å². The summed E-state index contributed by atoms with van der Waals surface area (Å²) in [6.45, 7) is 0.995. The number of imidazole rings is 1. The number of nitrogens with one attached hydrogen (secondary N) is 1. The highest BCUT2D eigenvalue weighted by Crippen LogP contribution is 2.39. The smallest absolute Gasteiger partial charge is 0.327 e. The Hall–Kier alpha value is -2.90. The Morgan fingerprint density at radius 1 is 1.17 bits per heavy atom. The quantitative estimate of drug-likeness (QED) is 0.598. The maximum Gasteiger partial charge on any atom is 0.327 e. The number of amides is 4. The molecule has 1 aromatic carbocycles. The van der Waals surface area contributed by atoms with Gasteiger partial charge in [0.15, 0.2) is 0 Å². The van der Waals surface area contributed by atoms with E-state index >= 15 is 0 Å². The van der Waals surface area contributed by atoms with Crippen molar-refractivity contribution < 1.29 is 14.4 Å². The fraction of sp³-hybridized carbons (Fsp3) is 0.524. The standard InChI is InChI=1S/C21H27N5O3/c1-24-20(29)26(19(28)21(24)10-5-2-6-11-21)14-18(27)22-12-7-13-25-15-23-16-8-3-4-9-17(16)25/h3-4,8-9,15H,2,5-7,10-14H2,1H3,(H,22,27). The number of likely N-dealkylation sites (N-methyl/N-ethyl adjacent to an activating group) is 1. The number of urea groups is 1. The fourth-order valence-corrected chi connectivity index (χ4v) is 4.54. The summed E-state index contributed by atoms with van der Waals surface area (Å²) in [6, 6.07) is 7.55. The molecule has 1 aromatic heterocycles. The van der Waals surface area contributed by atoms with Crippen LogP contribution >= 0.6 is 0 Å². The Morgan fingerprint density at radius 3 is 2.72 bits per heavy atom. The number of aryl methyl sites for hydroxylation is 1. The SMILES string of the molecule is CN1C(=O)N(CC(=O)NCCCn2cnc3ccccc32)C(=O)C12CCCCC2. The van der Waals surface area contributed by atoms with Gasteiger partial charge < -0.3 is 14.8 Å². The maximum absolute atomic E-state index is 12.9. The van der Waals surface area contributed by atoms with Crippen molar-refractivity contribution in [2.45, 2.75) is 50.6 Å². The van der Waals surface area contributed by atoms with Gasteiger partial charge in [0.2, 0.25) is 5.91 Å². The summed E-state index contributed by atoms with van der Waals surface area (Å²) in [5, 5.41) is 2.83. The molecule has 2 aliphatic rings. The molecule has 4 rings (SSSR count). The number of hydrogen-bond acceptors (Lipinski definition) is 4. The second-order valence-electron chi connectivity index (χ2n) is 7.96. The van der Waals surface area contributed by atoms with Gasteiger partial charge in [-0.1, -0.05) is 31.4 Å². The molecule has 1 N–H and O–H groups in total. The van der Waals surface area contributed by atoms with Crippen LogP contribution in [0.25, 0.3) is 11.0 Å². The lowest BCUT2D eigenvalue weighted by atomic mass is 9.81. The van der Waals surface area contributed by atoms with Crippen molar-refractivity contribution in [3.05, 3.63) is 30.6 Å². The summed E-state index contributed by atoms with van der Waals surface area (Å²) in [5.41, 5.74) is 1.27. The van der Waals surface area contributed by atoms with Gasteiger partial charge in [-0.25, -0.2) is 9.78 Å². The van der Waals surface area contributed by atoms with Gasteiger partial charge in [-0.3, -0.25) is 14.5 Å². The van der Waals surface area contributed by atoms with Crippen LogP contribution in [0.4, 0.5) is 4.79 Å². The molecule has 2 aromatic rings. The number of carbonyl (C=O) groups excluding carboxylic acids is 3. The van der Waals surface area contributed by atoms with E-state index in [0.29, 0.717) is 19.4 Å². The van der Waals surface area contributed by atoms with Crippen LogP contribution in [0.2, 0.25) is 0 Å². The summed E-state index contributed by atoms with van der Waals surface area (Å²) < 4.78 is 2.05. The number of nitrogens with zero attached hydrogens (tertiary/aromatic N) is 4. The first-order valence-electron chi connectivity index (χ1n) is 10.3. The van der Waals surface area contributed by atoms with Gasteiger partial charge in [0.25, 0.3) is 5.91 Å². The first kappa shape index (κ1) is 19.4. The van der Waals surface area contributed by atoms with Crippen molar-refractivity contribution in [1.29, 1.82) is 0 Å². The van der Waals surface area contributed by atoms with Crippen LogP contribution < -0.4 is 5.32 Å². The highest BCUT2D eigenvalue weighted by Gasteiger charge is 2.55. The number of fused-ring (bicyclic) bond motifs is 1. The van der Waals surface area contributed by atoms with E-state index in [1.165, 1.54) is 0 Å². The predicted molar refractivity (Wildman–Crippen MR) is 108 cm³/mol. The van der Waals surface area contributed by atoms with E-state index in [2.05, 4.69) is 14.9 Å². The van der Waals surface area contributed by atoms with Crippen LogP contribution in [0.1, 0.15) is 38.5 Å². The zero-order valence-electron chi connectivity index (χ0n) is 16.8. The molecule has 1 aliphatic heterocycles. The third-order valence-electron chi connectivity index (χ3n) is 6.21. The molecule has 8 heteroatoms. The van der Waals surface area contributed by atoms with Gasteiger partial charge in [-0.15, -0.1) is 0 Å². The van der Waals surface area contributed by atoms with Crippen LogP contribution in [-0.4, -0.2) is 62.9 Å². The Labute approximate surface area is 169 Å². The van der Waals surface area contributed by atoms with Gasteiger partial charge in [-0.2, -0.15) is 0 Å². The zero-order chi connectivity index (χ0) is 20.4. The van der Waals surface area contributed by atoms with Gasteiger partial charge in [0.05, 0.1) is 17.4 Å². The summed E-state index contributed by atoms with van der Waals surface area (Å²) >= 11 is 0. The molecule has 1 aliphatic carbocycles. The van der Waals surface area contributed by atoms with Crippen molar-refractivity contribution >= 4 is 28.9 Å². The van der Waals surface area contributed by atoms with Crippen LogP contribution in [-0.2, 0) is 16.1 Å². The molecule has 0 radical (unpaired) electrons. The Bertz CT molecular complexity index is 931. The van der Waals surface area contributed by atoms with Crippen LogP contribution in [0.5, 0.6) is 0 Å². The number of benzene rings is 1. The molecule has 154 valence electrons. The second-order valence-corrected chi connectivity index (χ2v) is 7.96. The Balaban J connectivity index is 1.28. The molecular formula is C21H27N5O3. The number of aromatic nitrogens is 2. The van der Waals surface area contributed by atoms with Crippen molar-refractivity contribution in [2.75, 3.05) is 20.1 Å². The van der Waals surface area contributed by atoms with Crippen molar-refractivity contribution in [1.82, 2.24) is 24.7 Å². The molecule has 8 nitrogen and oxygen atoms in total. The predicted octanol–water partition coefficient (Wildman–Crippen LogP) is 2.14. The largest absolute Gasteiger partial charge is 0.354 e. The third kappa shape index (κ3) is 3.47. The van der Waals surface area contributed by atoms with E-state index in [9.17, 15) is 14.4 Å². The number of para-hydroxylation sites is 2. The molecule has 29 heavy (non-hydrogen) atoms. The lowest BCUT2D eigenvalue weighted by molar-refractivity contribution is -0.137. The first-order chi connectivity index (χ1) is 14.0. The molecule has 2 heterocycles. The van der Waals surface area contributed by atoms with Crippen LogP contribution in [0, 0.1) is 0 Å². The molecule has 1 spiro atoms. The van der Waals surface area contributed by atoms with E-state index < -0.39 is 5.54 Å². The monoisotopic (exact) mass is 397 g/mol. The van der Waals surface area contributed by atoms with Gasteiger partial charge in [-0.05, 0) is 31.4 Å². The summed E-state index contributed by atoms with van der Waals surface area (Å²) in [7, 11) is 1.68. The average Bonchev–Trinajstić information content (AvgIpc) is 3.22. The van der Waals surface area contributed by atoms with E-state index in [1.54, 1.807) is 18.3 Å². The third-order valence-corrected chi connectivity index (χ3v) is 6.21. The topological polar surface area (TPSA) is 87.5 Å². The molecular weight excluding hydrogens is 370 g/mol. The van der Waals surface area contributed by atoms with Gasteiger partial charge in [0.1, 0.15) is 12.1 Å². The molecule has 2 fully saturated rings. The minimum atomic E-state index is -0.738. The summed E-state index contributed by atoms with van der Waals surface area (Å²) in [4.78, 5) is 44.9. The minimum Gasteiger partial charge on any atom is -0.354 e. The average molecular weight is 397 g/mol. The van der Waals surface area contributed by atoms with Crippen LogP contribution in [0.3, 0.4) is 0 Å². The normalized spacial score (nSPS) is 18.8. The molecule has 4 amide bonds. The molecule has 0 bridgehead atoms. The molecule has 1 saturated heterocycles. The van der Waals surface area contributed by atoms with Gasteiger partial charge in [0, 0.05) is 20.1 Å². The summed E-state index contributed by atoms with van der Waals surface area (Å²) in [6.07, 6.45) is 6.86. The van der Waals surface area contributed by atoms with Crippen molar-refractivity contribution in [3.8, 4) is 0 Å². The molecule has 1 saturated carbocycles. The second kappa shape index (κ2) is 7.85. The number of carbonyl (C=O) groups is 3. The molecule has 0 unspecified atom stereocenters. The fourth-order valence-electron chi connectivity index (χ4n) is 4.54. The summed E-state index contributed by atoms with van der Waals surface area (Å²) in [5.74, 6) is -0.520. The lowest BCUT2D eigenvalue weighted by Gasteiger charge is -2.35. The van der Waals surface area contributed by atoms with Crippen LogP contribution in [0.15, 0.2) is 30.6 Å².